The van der Waals surface area contributed by atoms with E-state index < -0.39 is 6.16 Å². The minimum atomic E-state index is -0.579. The summed E-state index contributed by atoms with van der Waals surface area (Å²) in [5.41, 5.74) is 0. The summed E-state index contributed by atoms with van der Waals surface area (Å²) in [6.45, 7) is 7.74. The third-order valence-electron chi connectivity index (χ3n) is 2.38. The van der Waals surface area contributed by atoms with Gasteiger partial charge >= 0.3 is 6.16 Å². The monoisotopic (exact) mass is 246 g/mol. The molecule has 0 bridgehead atoms. The summed E-state index contributed by atoms with van der Waals surface area (Å²) >= 11 is 0. The SMILES string of the molecule is CCCCOCC(CC)OC(=O)OCCCC. The molecule has 17 heavy (non-hydrogen) atoms. The summed E-state index contributed by atoms with van der Waals surface area (Å²) in [4.78, 5) is 11.3. The van der Waals surface area contributed by atoms with Crippen LogP contribution in [0.5, 0.6) is 0 Å². The van der Waals surface area contributed by atoms with Crippen LogP contribution in [0.4, 0.5) is 4.79 Å². The molecule has 0 rings (SSSR count). The van der Waals surface area contributed by atoms with E-state index in [1.807, 2.05) is 13.8 Å². The Labute approximate surface area is 105 Å². The number of carbonyl (C=O) groups excluding carboxylic acids is 1. The smallest absolute Gasteiger partial charge is 0.434 e. The van der Waals surface area contributed by atoms with Crippen LogP contribution < -0.4 is 0 Å². The van der Waals surface area contributed by atoms with Crippen LogP contribution in [0.25, 0.3) is 0 Å². The van der Waals surface area contributed by atoms with Crippen molar-refractivity contribution in [2.45, 2.75) is 59.0 Å². The standard InChI is InChI=1S/C13H26O4/c1-4-7-9-15-11-12(6-3)17-13(14)16-10-8-5-2/h12H,4-11H2,1-3H3. The molecule has 0 aromatic heterocycles. The summed E-state index contributed by atoms with van der Waals surface area (Å²) < 4.78 is 15.5. The van der Waals surface area contributed by atoms with E-state index in [-0.39, 0.29) is 6.10 Å². The predicted molar refractivity (Wildman–Crippen MR) is 67.1 cm³/mol. The van der Waals surface area contributed by atoms with Gasteiger partial charge in [0.2, 0.25) is 0 Å². The zero-order chi connectivity index (χ0) is 12.9. The van der Waals surface area contributed by atoms with Crippen molar-refractivity contribution >= 4 is 6.16 Å². The van der Waals surface area contributed by atoms with Crippen molar-refractivity contribution in [1.29, 1.82) is 0 Å². The van der Waals surface area contributed by atoms with Crippen LogP contribution in [0.2, 0.25) is 0 Å². The van der Waals surface area contributed by atoms with E-state index >= 15 is 0 Å². The first-order valence-corrected chi connectivity index (χ1v) is 6.65. The fraction of sp³-hybridized carbons (Fsp3) is 0.923. The van der Waals surface area contributed by atoms with E-state index in [0.717, 1.165) is 38.7 Å². The topological polar surface area (TPSA) is 44.8 Å². The summed E-state index contributed by atoms with van der Waals surface area (Å²) in [6, 6.07) is 0. The van der Waals surface area contributed by atoms with Gasteiger partial charge in [0.1, 0.15) is 6.10 Å². The number of rotatable bonds is 10. The molecule has 4 nitrogen and oxygen atoms in total. The maximum absolute atomic E-state index is 11.3. The fourth-order valence-electron chi connectivity index (χ4n) is 1.17. The second-order valence-electron chi connectivity index (χ2n) is 4.03. The van der Waals surface area contributed by atoms with Crippen molar-refractivity contribution in [1.82, 2.24) is 0 Å². The van der Waals surface area contributed by atoms with E-state index in [9.17, 15) is 4.79 Å². The second-order valence-corrected chi connectivity index (χ2v) is 4.03. The van der Waals surface area contributed by atoms with Crippen LogP contribution in [0, 0.1) is 0 Å². The number of unbranched alkanes of at least 4 members (excludes halogenated alkanes) is 2. The Morgan fingerprint density at radius 1 is 1.06 bits per heavy atom. The van der Waals surface area contributed by atoms with Crippen molar-refractivity contribution < 1.29 is 19.0 Å². The van der Waals surface area contributed by atoms with Crippen molar-refractivity contribution in [3.05, 3.63) is 0 Å². The Hall–Kier alpha value is -0.770. The van der Waals surface area contributed by atoms with Crippen molar-refractivity contribution in [2.75, 3.05) is 19.8 Å². The van der Waals surface area contributed by atoms with Gasteiger partial charge in [-0.05, 0) is 19.3 Å². The largest absolute Gasteiger partial charge is 0.508 e. The third kappa shape index (κ3) is 10.1. The molecule has 0 aromatic carbocycles. The Balaban J connectivity index is 3.60. The predicted octanol–water partition coefficient (Wildman–Crippen LogP) is 3.54. The zero-order valence-corrected chi connectivity index (χ0v) is 11.4. The molecule has 102 valence electrons. The van der Waals surface area contributed by atoms with Gasteiger partial charge in [0.05, 0.1) is 13.2 Å². The fourth-order valence-corrected chi connectivity index (χ4v) is 1.17. The Morgan fingerprint density at radius 2 is 1.71 bits per heavy atom. The lowest BCUT2D eigenvalue weighted by molar-refractivity contribution is -0.0181. The molecule has 1 unspecified atom stereocenters. The molecule has 0 aliphatic rings. The van der Waals surface area contributed by atoms with Crippen molar-refractivity contribution in [2.24, 2.45) is 0 Å². The molecule has 0 spiro atoms. The normalized spacial score (nSPS) is 12.2. The highest BCUT2D eigenvalue weighted by atomic mass is 16.7. The first-order valence-electron chi connectivity index (χ1n) is 6.65. The van der Waals surface area contributed by atoms with Gasteiger partial charge in [-0.25, -0.2) is 4.79 Å². The van der Waals surface area contributed by atoms with E-state index in [2.05, 4.69) is 6.92 Å². The minimum Gasteiger partial charge on any atom is -0.434 e. The van der Waals surface area contributed by atoms with Crippen LogP contribution in [-0.2, 0) is 14.2 Å². The number of carbonyl (C=O) groups is 1. The van der Waals surface area contributed by atoms with Crippen LogP contribution in [0.1, 0.15) is 52.9 Å². The Kier molecular flexibility index (Phi) is 11.2. The molecule has 0 fully saturated rings. The molecule has 0 aliphatic carbocycles. The van der Waals surface area contributed by atoms with Crippen molar-refractivity contribution in [3.8, 4) is 0 Å². The van der Waals surface area contributed by atoms with Crippen LogP contribution >= 0.6 is 0 Å². The molecule has 0 amide bonds. The highest BCUT2D eigenvalue weighted by molar-refractivity contribution is 5.60. The summed E-state index contributed by atoms with van der Waals surface area (Å²) in [5.74, 6) is 0. The molecular formula is C13H26O4. The lowest BCUT2D eigenvalue weighted by Crippen LogP contribution is -2.24. The summed E-state index contributed by atoms with van der Waals surface area (Å²) in [6.07, 6.45) is 4.00. The van der Waals surface area contributed by atoms with E-state index in [1.54, 1.807) is 0 Å². The minimum absolute atomic E-state index is 0.194. The average molecular weight is 246 g/mol. The second kappa shape index (κ2) is 11.7. The van der Waals surface area contributed by atoms with Gasteiger partial charge in [0.25, 0.3) is 0 Å². The summed E-state index contributed by atoms with van der Waals surface area (Å²) in [5, 5.41) is 0. The lowest BCUT2D eigenvalue weighted by atomic mass is 10.3. The van der Waals surface area contributed by atoms with Gasteiger partial charge in [-0.15, -0.1) is 0 Å². The van der Waals surface area contributed by atoms with Crippen LogP contribution in [-0.4, -0.2) is 32.1 Å². The van der Waals surface area contributed by atoms with Crippen LogP contribution in [0.3, 0.4) is 0 Å². The lowest BCUT2D eigenvalue weighted by Gasteiger charge is -2.15. The molecule has 0 N–H and O–H groups in total. The molecule has 0 saturated heterocycles. The highest BCUT2D eigenvalue weighted by Gasteiger charge is 2.13. The number of ether oxygens (including phenoxy) is 3. The molecule has 0 radical (unpaired) electrons. The maximum Gasteiger partial charge on any atom is 0.508 e. The van der Waals surface area contributed by atoms with Gasteiger partial charge in [0.15, 0.2) is 0 Å². The number of hydrogen-bond acceptors (Lipinski definition) is 4. The first-order chi connectivity index (χ1) is 8.24. The van der Waals surface area contributed by atoms with Gasteiger partial charge in [-0.2, -0.15) is 0 Å². The molecule has 0 aliphatic heterocycles. The van der Waals surface area contributed by atoms with E-state index in [1.165, 1.54) is 0 Å². The van der Waals surface area contributed by atoms with Gasteiger partial charge in [-0.3, -0.25) is 0 Å². The van der Waals surface area contributed by atoms with E-state index in [0.29, 0.717) is 13.2 Å². The quantitative estimate of drug-likeness (QED) is 0.437. The maximum atomic E-state index is 11.3. The molecule has 0 saturated carbocycles. The van der Waals surface area contributed by atoms with Gasteiger partial charge in [-0.1, -0.05) is 33.6 Å². The average Bonchev–Trinajstić information content (AvgIpc) is 2.33. The third-order valence-corrected chi connectivity index (χ3v) is 2.38. The Bertz CT molecular complexity index is 182. The molecule has 1 atom stereocenters. The Morgan fingerprint density at radius 3 is 2.29 bits per heavy atom. The van der Waals surface area contributed by atoms with Crippen molar-refractivity contribution in [3.63, 3.8) is 0 Å². The summed E-state index contributed by atoms with van der Waals surface area (Å²) in [7, 11) is 0. The van der Waals surface area contributed by atoms with Crippen LogP contribution in [0.15, 0.2) is 0 Å². The molecule has 0 aromatic rings. The molecule has 4 heteroatoms. The highest BCUT2D eigenvalue weighted by Crippen LogP contribution is 2.03. The molecular weight excluding hydrogens is 220 g/mol. The first kappa shape index (κ1) is 16.2. The molecule has 0 heterocycles. The number of hydrogen-bond donors (Lipinski definition) is 0. The van der Waals surface area contributed by atoms with Gasteiger partial charge < -0.3 is 14.2 Å². The zero-order valence-electron chi connectivity index (χ0n) is 11.4. The van der Waals surface area contributed by atoms with E-state index in [4.69, 9.17) is 14.2 Å². The van der Waals surface area contributed by atoms with Gasteiger partial charge in [0, 0.05) is 6.61 Å².